The summed E-state index contributed by atoms with van der Waals surface area (Å²) in [5, 5.41) is 44.9. The summed E-state index contributed by atoms with van der Waals surface area (Å²) in [4.78, 5) is 42.4. The second-order valence-corrected chi connectivity index (χ2v) is 13.4. The number of alkyl halides is 3. The van der Waals surface area contributed by atoms with E-state index in [1.165, 1.54) is 19.0 Å². The van der Waals surface area contributed by atoms with Crippen LogP contribution in [0.3, 0.4) is 0 Å². The predicted octanol–water partition coefficient (Wildman–Crippen LogP) is 3.24. The highest BCUT2D eigenvalue weighted by molar-refractivity contribution is 6.24. The lowest BCUT2D eigenvalue weighted by Crippen LogP contribution is -2.65. The van der Waals surface area contributed by atoms with Crippen LogP contribution in [0.4, 0.5) is 13.2 Å². The monoisotopic (exact) mass is 623 g/mol. The first kappa shape index (κ1) is 33.5. The van der Waals surface area contributed by atoms with Gasteiger partial charge in [0.15, 0.2) is 11.4 Å². The first-order valence-corrected chi connectivity index (χ1v) is 14.5. The Morgan fingerprint density at radius 3 is 2.25 bits per heavy atom. The Morgan fingerprint density at radius 1 is 1.14 bits per heavy atom. The van der Waals surface area contributed by atoms with Crippen LogP contribution in [0.15, 0.2) is 23.0 Å². The van der Waals surface area contributed by atoms with Crippen LogP contribution in [-0.4, -0.2) is 86.5 Å². The van der Waals surface area contributed by atoms with Gasteiger partial charge in [-0.3, -0.25) is 24.2 Å². The second kappa shape index (κ2) is 11.2. The molecule has 0 aliphatic heterocycles. The maximum Gasteiger partial charge on any atom is 0.417 e. The Kier molecular flexibility index (Phi) is 8.51. The van der Waals surface area contributed by atoms with E-state index in [1.54, 1.807) is 0 Å². The van der Waals surface area contributed by atoms with Gasteiger partial charge in [0.1, 0.15) is 22.8 Å². The summed E-state index contributed by atoms with van der Waals surface area (Å²) >= 11 is 0. The summed E-state index contributed by atoms with van der Waals surface area (Å²) in [6.07, 6.45) is -4.93. The Labute approximate surface area is 253 Å². The number of amides is 1. The highest BCUT2D eigenvalue weighted by atomic mass is 19.4. The zero-order chi connectivity index (χ0) is 33.3. The average molecular weight is 624 g/mol. The number of hydrogen-bond acceptors (Lipinski definition) is 9. The van der Waals surface area contributed by atoms with E-state index < -0.39 is 98.7 Å². The molecule has 1 aromatic rings. The number of aliphatic hydroxyl groups excluding tert-OH is 2. The molecule has 13 heteroatoms. The number of fused-ring (bicyclic) bond motifs is 3. The van der Waals surface area contributed by atoms with Crippen molar-refractivity contribution in [2.24, 2.45) is 23.0 Å². The third kappa shape index (κ3) is 5.39. The van der Waals surface area contributed by atoms with Gasteiger partial charge in [0.05, 0.1) is 17.2 Å². The van der Waals surface area contributed by atoms with Crippen molar-refractivity contribution in [2.45, 2.75) is 71.3 Å². The molecule has 4 atom stereocenters. The van der Waals surface area contributed by atoms with E-state index in [1.807, 2.05) is 32.6 Å². The zero-order valence-corrected chi connectivity index (χ0v) is 25.7. The van der Waals surface area contributed by atoms with Gasteiger partial charge in [-0.15, -0.1) is 0 Å². The molecule has 0 bridgehead atoms. The molecule has 1 saturated carbocycles. The highest BCUT2D eigenvalue weighted by Crippen LogP contribution is 2.54. The van der Waals surface area contributed by atoms with Crippen molar-refractivity contribution < 1.29 is 48.0 Å². The third-order valence-electron chi connectivity index (χ3n) is 9.11. The summed E-state index contributed by atoms with van der Waals surface area (Å²) < 4.78 is 44.4. The minimum Gasteiger partial charge on any atom is -0.508 e. The molecule has 0 spiro atoms. The van der Waals surface area contributed by atoms with Crippen LogP contribution < -0.4 is 5.73 Å². The molecule has 0 radical (unpaired) electrons. The van der Waals surface area contributed by atoms with E-state index in [2.05, 4.69) is 0 Å². The molecule has 4 rings (SSSR count). The van der Waals surface area contributed by atoms with E-state index in [-0.39, 0.29) is 23.9 Å². The molecule has 6 N–H and O–H groups in total. The molecule has 242 valence electrons. The molecule has 1 fully saturated rings. The number of Topliss-reactive ketones (excluding diaryl/α,β-unsaturated/α-hetero) is 2. The minimum atomic E-state index is -4.89. The lowest BCUT2D eigenvalue weighted by molar-refractivity contribution is -0.153. The fourth-order valence-electron chi connectivity index (χ4n) is 6.94. The molecule has 0 saturated heterocycles. The molecule has 3 aliphatic carbocycles. The number of carbonyl (C=O) groups is 3. The van der Waals surface area contributed by atoms with E-state index in [4.69, 9.17) is 5.73 Å². The lowest BCUT2D eigenvalue weighted by atomic mass is 9.57. The van der Waals surface area contributed by atoms with E-state index in [0.29, 0.717) is 19.5 Å². The number of nitrogens with two attached hydrogens (primary N) is 1. The van der Waals surface area contributed by atoms with Gasteiger partial charge in [0.25, 0.3) is 5.91 Å². The standard InChI is InChI=1S/C31H40F3N3O7/c1-7-37(9-8-29(2,3)4)13-15-12-18(38)20-16(22(15)31(32,33)34)10-14-11-17-23(36(5)6)25(40)21(28(35)43)27(42)30(17,44)26(41)19(14)24(20)39/h12,14,17,23,38-39,42,44H,7-11,13H2,1-6H3,(H2,35,43)/t14-,17-,23-,30-/m0/s1. The fourth-order valence-corrected chi connectivity index (χ4v) is 6.94. The van der Waals surface area contributed by atoms with Crippen LogP contribution >= 0.6 is 0 Å². The van der Waals surface area contributed by atoms with Gasteiger partial charge >= 0.3 is 6.18 Å². The molecular formula is C31H40F3N3O7. The highest BCUT2D eigenvalue weighted by Gasteiger charge is 2.64. The first-order chi connectivity index (χ1) is 20.2. The number of likely N-dealkylation sites (N-methyl/N-ethyl adjacent to an activating group) is 1. The molecule has 1 aromatic carbocycles. The van der Waals surface area contributed by atoms with Crippen LogP contribution in [0.2, 0.25) is 0 Å². The predicted molar refractivity (Wildman–Crippen MR) is 154 cm³/mol. The van der Waals surface area contributed by atoms with Crippen molar-refractivity contribution in [1.29, 1.82) is 0 Å². The minimum absolute atomic E-state index is 0.0621. The van der Waals surface area contributed by atoms with Gasteiger partial charge in [-0.05, 0) is 75.0 Å². The smallest absolute Gasteiger partial charge is 0.417 e. The molecule has 0 heterocycles. The number of rotatable bonds is 7. The number of aromatic hydroxyl groups is 1. The Bertz CT molecular complexity index is 1470. The molecule has 1 amide bonds. The number of aliphatic hydroxyl groups is 3. The number of phenolic OH excluding ortho intramolecular Hbond substituents is 1. The third-order valence-corrected chi connectivity index (χ3v) is 9.11. The van der Waals surface area contributed by atoms with Gasteiger partial charge in [0, 0.05) is 18.0 Å². The second-order valence-electron chi connectivity index (χ2n) is 13.4. The largest absolute Gasteiger partial charge is 0.508 e. The van der Waals surface area contributed by atoms with Gasteiger partial charge in [-0.1, -0.05) is 27.7 Å². The van der Waals surface area contributed by atoms with Crippen LogP contribution in [0.1, 0.15) is 62.8 Å². The van der Waals surface area contributed by atoms with Crippen molar-refractivity contribution in [1.82, 2.24) is 9.80 Å². The fraction of sp³-hybridized carbons (Fsp3) is 0.581. The lowest BCUT2D eigenvalue weighted by Gasteiger charge is -2.50. The van der Waals surface area contributed by atoms with Crippen LogP contribution in [0.25, 0.3) is 5.76 Å². The Balaban J connectivity index is 1.92. The molecule has 0 aromatic heterocycles. The van der Waals surface area contributed by atoms with E-state index in [0.717, 1.165) is 6.07 Å². The zero-order valence-electron chi connectivity index (χ0n) is 25.7. The van der Waals surface area contributed by atoms with E-state index >= 15 is 0 Å². The molecule has 0 unspecified atom stereocenters. The van der Waals surface area contributed by atoms with Crippen LogP contribution in [0, 0.1) is 17.3 Å². The summed E-state index contributed by atoms with van der Waals surface area (Å²) in [5.74, 6) is -9.01. The number of ketones is 2. The topological polar surface area (TPSA) is 165 Å². The van der Waals surface area contributed by atoms with Crippen molar-refractivity contribution in [3.05, 3.63) is 45.2 Å². The Morgan fingerprint density at radius 2 is 1.75 bits per heavy atom. The Hall–Kier alpha value is -3.42. The summed E-state index contributed by atoms with van der Waals surface area (Å²) in [7, 11) is 2.89. The van der Waals surface area contributed by atoms with Crippen molar-refractivity contribution >= 4 is 23.2 Å². The van der Waals surface area contributed by atoms with Crippen molar-refractivity contribution in [2.75, 3.05) is 27.2 Å². The van der Waals surface area contributed by atoms with Gasteiger partial charge < -0.3 is 26.2 Å². The number of halogens is 3. The number of hydrogen-bond donors (Lipinski definition) is 5. The maximum absolute atomic E-state index is 14.8. The number of benzene rings is 1. The van der Waals surface area contributed by atoms with Crippen LogP contribution in [0.5, 0.6) is 5.75 Å². The normalized spacial score (nSPS) is 25.9. The molecule has 44 heavy (non-hydrogen) atoms. The summed E-state index contributed by atoms with van der Waals surface area (Å²) in [5.41, 5.74) is -1.30. The van der Waals surface area contributed by atoms with Crippen molar-refractivity contribution in [3.63, 3.8) is 0 Å². The maximum atomic E-state index is 14.8. The molecule has 10 nitrogen and oxygen atoms in total. The SMILES string of the molecule is CCN(CCC(C)(C)C)Cc1cc(O)c2c(c1C(F)(F)F)C[C@H]1C[C@H]3[C@H](N(C)C)C(=O)C(C(N)=O)=C(O)[C@@]3(O)C(=O)C1=C2O. The van der Waals surface area contributed by atoms with Gasteiger partial charge in [-0.25, -0.2) is 0 Å². The number of carbonyl (C=O) groups excluding carboxylic acids is 3. The average Bonchev–Trinajstić information content (AvgIpc) is 2.86. The quantitative estimate of drug-likeness (QED) is 0.287. The summed E-state index contributed by atoms with van der Waals surface area (Å²) in [6.45, 7) is 8.72. The number of primary amides is 1. The first-order valence-electron chi connectivity index (χ1n) is 14.5. The number of nitrogens with zero attached hydrogens (tertiary/aromatic N) is 2. The molecule has 3 aliphatic rings. The van der Waals surface area contributed by atoms with Crippen molar-refractivity contribution in [3.8, 4) is 5.75 Å². The van der Waals surface area contributed by atoms with Gasteiger partial charge in [0.2, 0.25) is 5.78 Å². The van der Waals surface area contributed by atoms with E-state index in [9.17, 15) is 48.0 Å². The summed E-state index contributed by atoms with van der Waals surface area (Å²) in [6, 6.07) is -0.400. The molecular weight excluding hydrogens is 583 g/mol. The van der Waals surface area contributed by atoms with Crippen LogP contribution in [-0.2, 0) is 33.5 Å². The number of phenols is 1. The van der Waals surface area contributed by atoms with Gasteiger partial charge in [-0.2, -0.15) is 13.2 Å².